The SMILES string of the molecule is CCc1ccc(CCC(=O)N2CC[C@@]3(CO)CCCN(C)[C@@H]3C2)cc1. The predicted molar refractivity (Wildman–Crippen MR) is 101 cm³/mol. The van der Waals surface area contributed by atoms with E-state index in [-0.39, 0.29) is 17.9 Å². The van der Waals surface area contributed by atoms with Crippen molar-refractivity contribution >= 4 is 5.91 Å². The van der Waals surface area contributed by atoms with Gasteiger partial charge in [0.2, 0.25) is 5.91 Å². The van der Waals surface area contributed by atoms with Crippen LogP contribution < -0.4 is 0 Å². The number of carbonyl (C=O) groups is 1. The van der Waals surface area contributed by atoms with E-state index in [4.69, 9.17) is 0 Å². The minimum Gasteiger partial charge on any atom is -0.396 e. The third-order valence-corrected chi connectivity index (χ3v) is 6.42. The maximum absolute atomic E-state index is 12.7. The molecule has 138 valence electrons. The number of hydrogen-bond acceptors (Lipinski definition) is 3. The molecule has 1 N–H and O–H groups in total. The number of rotatable bonds is 5. The summed E-state index contributed by atoms with van der Waals surface area (Å²) in [6, 6.07) is 8.91. The van der Waals surface area contributed by atoms with Gasteiger partial charge in [0.25, 0.3) is 0 Å². The lowest BCUT2D eigenvalue weighted by Crippen LogP contribution is -2.62. The molecule has 0 aliphatic carbocycles. The van der Waals surface area contributed by atoms with Crippen LogP contribution in [0.1, 0.15) is 43.7 Å². The number of aryl methyl sites for hydroxylation is 2. The van der Waals surface area contributed by atoms with Gasteiger partial charge in [0.1, 0.15) is 0 Å². The first kappa shape index (κ1) is 18.4. The minimum atomic E-state index is -0.000235. The molecule has 4 heteroatoms. The molecule has 0 radical (unpaired) electrons. The molecule has 3 rings (SSSR count). The average molecular weight is 344 g/mol. The lowest BCUT2D eigenvalue weighted by Gasteiger charge is -2.53. The standard InChI is InChI=1S/C21H32N2O2/c1-3-17-5-7-18(8-6-17)9-10-20(25)23-14-12-21(16-24)11-4-13-22(2)19(21)15-23/h5-8,19,24H,3-4,9-16H2,1-2H3/t19-,21-/m1/s1. The van der Waals surface area contributed by atoms with Crippen molar-refractivity contribution in [2.75, 3.05) is 33.3 Å². The maximum Gasteiger partial charge on any atom is 0.222 e. The number of aliphatic hydroxyl groups is 1. The summed E-state index contributed by atoms with van der Waals surface area (Å²) in [5.41, 5.74) is 2.58. The summed E-state index contributed by atoms with van der Waals surface area (Å²) in [4.78, 5) is 17.1. The number of aliphatic hydroxyl groups excluding tert-OH is 1. The molecule has 2 saturated heterocycles. The van der Waals surface area contributed by atoms with E-state index >= 15 is 0 Å². The van der Waals surface area contributed by atoms with Gasteiger partial charge in [-0.25, -0.2) is 0 Å². The third kappa shape index (κ3) is 3.90. The van der Waals surface area contributed by atoms with Crippen molar-refractivity contribution in [3.8, 4) is 0 Å². The fourth-order valence-electron chi connectivity index (χ4n) is 4.59. The quantitative estimate of drug-likeness (QED) is 0.892. The van der Waals surface area contributed by atoms with Crippen LogP contribution in [0.2, 0.25) is 0 Å². The smallest absolute Gasteiger partial charge is 0.222 e. The monoisotopic (exact) mass is 344 g/mol. The fraction of sp³-hybridized carbons (Fsp3) is 0.667. The number of carbonyl (C=O) groups excluding carboxylic acids is 1. The van der Waals surface area contributed by atoms with E-state index in [0.717, 1.165) is 51.7 Å². The maximum atomic E-state index is 12.7. The van der Waals surface area contributed by atoms with Gasteiger partial charge in [-0.2, -0.15) is 0 Å². The molecule has 2 atom stereocenters. The van der Waals surface area contributed by atoms with Crippen LogP contribution >= 0.6 is 0 Å². The van der Waals surface area contributed by atoms with Gasteiger partial charge in [-0.05, 0) is 56.8 Å². The van der Waals surface area contributed by atoms with Crippen LogP contribution in [-0.2, 0) is 17.6 Å². The molecular weight excluding hydrogens is 312 g/mol. The Balaban J connectivity index is 1.57. The highest BCUT2D eigenvalue weighted by Gasteiger charge is 2.47. The van der Waals surface area contributed by atoms with Crippen molar-refractivity contribution < 1.29 is 9.90 Å². The van der Waals surface area contributed by atoms with Gasteiger partial charge < -0.3 is 14.9 Å². The highest BCUT2D eigenvalue weighted by molar-refractivity contribution is 5.76. The van der Waals surface area contributed by atoms with Crippen LogP contribution in [0.15, 0.2) is 24.3 Å². The van der Waals surface area contributed by atoms with Crippen LogP contribution in [0.4, 0.5) is 0 Å². The van der Waals surface area contributed by atoms with Crippen LogP contribution in [0, 0.1) is 5.41 Å². The molecule has 1 aromatic rings. The Morgan fingerprint density at radius 1 is 1.20 bits per heavy atom. The number of likely N-dealkylation sites (tertiary alicyclic amines) is 2. The molecule has 0 aromatic heterocycles. The summed E-state index contributed by atoms with van der Waals surface area (Å²) in [7, 11) is 2.14. The number of likely N-dealkylation sites (N-methyl/N-ethyl adjacent to an activating group) is 1. The zero-order valence-electron chi connectivity index (χ0n) is 15.7. The molecule has 1 amide bonds. The van der Waals surface area contributed by atoms with Crippen molar-refractivity contribution in [3.05, 3.63) is 35.4 Å². The number of fused-ring (bicyclic) bond motifs is 1. The molecule has 0 bridgehead atoms. The van der Waals surface area contributed by atoms with Crippen molar-refractivity contribution in [3.63, 3.8) is 0 Å². The van der Waals surface area contributed by atoms with Crippen molar-refractivity contribution in [1.29, 1.82) is 0 Å². The van der Waals surface area contributed by atoms with E-state index in [0.29, 0.717) is 12.5 Å². The van der Waals surface area contributed by atoms with Gasteiger partial charge in [0.05, 0.1) is 6.61 Å². The van der Waals surface area contributed by atoms with E-state index < -0.39 is 0 Å². The Labute approximate surface area is 151 Å². The van der Waals surface area contributed by atoms with Crippen molar-refractivity contribution in [2.45, 2.75) is 51.5 Å². The van der Waals surface area contributed by atoms with Gasteiger partial charge >= 0.3 is 0 Å². The Hall–Kier alpha value is -1.39. The van der Waals surface area contributed by atoms with E-state index in [2.05, 4.69) is 43.1 Å². The molecule has 1 aromatic carbocycles. The van der Waals surface area contributed by atoms with Gasteiger partial charge in [-0.15, -0.1) is 0 Å². The minimum absolute atomic E-state index is 0.000235. The van der Waals surface area contributed by atoms with E-state index in [9.17, 15) is 9.90 Å². The van der Waals surface area contributed by atoms with E-state index in [1.807, 2.05) is 4.90 Å². The summed E-state index contributed by atoms with van der Waals surface area (Å²) < 4.78 is 0. The molecule has 2 aliphatic rings. The molecule has 2 heterocycles. The largest absolute Gasteiger partial charge is 0.396 e. The van der Waals surface area contributed by atoms with Crippen LogP contribution in [0.5, 0.6) is 0 Å². The summed E-state index contributed by atoms with van der Waals surface area (Å²) in [5, 5.41) is 9.98. The number of nitrogens with zero attached hydrogens (tertiary/aromatic N) is 2. The van der Waals surface area contributed by atoms with E-state index in [1.54, 1.807) is 0 Å². The van der Waals surface area contributed by atoms with Gasteiger partial charge in [-0.3, -0.25) is 4.79 Å². The number of benzene rings is 1. The average Bonchev–Trinajstić information content (AvgIpc) is 2.66. The first-order chi connectivity index (χ1) is 12.1. The van der Waals surface area contributed by atoms with Gasteiger partial charge in [0.15, 0.2) is 0 Å². The third-order valence-electron chi connectivity index (χ3n) is 6.42. The topological polar surface area (TPSA) is 43.8 Å². The summed E-state index contributed by atoms with van der Waals surface area (Å²) >= 11 is 0. The first-order valence-electron chi connectivity index (χ1n) is 9.74. The number of piperidine rings is 2. The lowest BCUT2D eigenvalue weighted by atomic mass is 9.69. The Morgan fingerprint density at radius 2 is 1.92 bits per heavy atom. The Morgan fingerprint density at radius 3 is 2.60 bits per heavy atom. The zero-order valence-corrected chi connectivity index (χ0v) is 15.7. The van der Waals surface area contributed by atoms with E-state index in [1.165, 1.54) is 11.1 Å². The normalized spacial score (nSPS) is 27.2. The zero-order chi connectivity index (χ0) is 17.9. The Bertz CT molecular complexity index is 586. The number of amides is 1. The lowest BCUT2D eigenvalue weighted by molar-refractivity contribution is -0.139. The van der Waals surface area contributed by atoms with Gasteiger partial charge in [0, 0.05) is 31.0 Å². The van der Waals surface area contributed by atoms with Crippen LogP contribution in [0.3, 0.4) is 0 Å². The second kappa shape index (κ2) is 7.88. The number of hydrogen-bond donors (Lipinski definition) is 1. The Kier molecular flexibility index (Phi) is 5.80. The second-order valence-electron chi connectivity index (χ2n) is 7.88. The van der Waals surface area contributed by atoms with Gasteiger partial charge in [-0.1, -0.05) is 31.2 Å². The fourth-order valence-corrected chi connectivity index (χ4v) is 4.59. The molecular formula is C21H32N2O2. The molecule has 4 nitrogen and oxygen atoms in total. The van der Waals surface area contributed by atoms with Crippen LogP contribution in [0.25, 0.3) is 0 Å². The molecule has 2 aliphatic heterocycles. The molecule has 0 saturated carbocycles. The highest BCUT2D eigenvalue weighted by Crippen LogP contribution is 2.41. The molecule has 2 fully saturated rings. The van der Waals surface area contributed by atoms with Crippen molar-refractivity contribution in [1.82, 2.24) is 9.80 Å². The van der Waals surface area contributed by atoms with Crippen molar-refractivity contribution in [2.24, 2.45) is 5.41 Å². The first-order valence-corrected chi connectivity index (χ1v) is 9.74. The second-order valence-corrected chi connectivity index (χ2v) is 7.88. The molecule has 0 unspecified atom stereocenters. The predicted octanol–water partition coefficient (Wildman–Crippen LogP) is 2.49. The summed E-state index contributed by atoms with van der Waals surface area (Å²) in [6.45, 7) is 5.03. The molecule has 0 spiro atoms. The summed E-state index contributed by atoms with van der Waals surface area (Å²) in [6.07, 6.45) is 5.60. The van der Waals surface area contributed by atoms with Crippen LogP contribution in [-0.4, -0.2) is 60.1 Å². The highest BCUT2D eigenvalue weighted by atomic mass is 16.3. The summed E-state index contributed by atoms with van der Waals surface area (Å²) in [5.74, 6) is 0.255. The molecule has 25 heavy (non-hydrogen) atoms.